The number of carbonyl (C=O) groups is 5. The molecule has 0 spiro atoms. The van der Waals surface area contributed by atoms with Gasteiger partial charge in [0.25, 0.3) is 0 Å². The van der Waals surface area contributed by atoms with Crippen molar-refractivity contribution in [3.8, 4) is 5.75 Å². The van der Waals surface area contributed by atoms with Crippen LogP contribution in [0.3, 0.4) is 0 Å². The first-order chi connectivity index (χ1) is 21.5. The molecule has 2 heterocycles. The fourth-order valence-electron chi connectivity index (χ4n) is 4.76. The molecule has 0 saturated carbocycles. The number of hydrogen-bond acceptors (Lipinski definition) is 8. The highest BCUT2D eigenvalue weighted by Gasteiger charge is 2.31. The number of imidazole rings is 1. The number of rotatable bonds is 15. The molecular formula is C30H34N8O7. The Morgan fingerprint density at radius 2 is 1.47 bits per heavy atom. The van der Waals surface area contributed by atoms with Crippen molar-refractivity contribution in [3.05, 3.63) is 84.1 Å². The minimum atomic E-state index is -1.34. The Kier molecular flexibility index (Phi) is 10.5. The van der Waals surface area contributed by atoms with Gasteiger partial charge in [-0.1, -0.05) is 30.3 Å². The number of carbonyl (C=O) groups excluding carboxylic acids is 4. The van der Waals surface area contributed by atoms with Crippen LogP contribution >= 0.6 is 0 Å². The molecule has 4 atom stereocenters. The number of aromatic amines is 2. The molecule has 4 unspecified atom stereocenters. The minimum Gasteiger partial charge on any atom is -0.508 e. The fourth-order valence-corrected chi connectivity index (χ4v) is 4.76. The maximum atomic E-state index is 13.6. The van der Waals surface area contributed by atoms with E-state index in [1.807, 2.05) is 24.3 Å². The van der Waals surface area contributed by atoms with E-state index in [2.05, 4.69) is 30.9 Å². The zero-order valence-corrected chi connectivity index (χ0v) is 24.0. The Morgan fingerprint density at radius 3 is 2.11 bits per heavy atom. The van der Waals surface area contributed by atoms with Crippen molar-refractivity contribution in [3.63, 3.8) is 0 Å². The number of primary amides is 1. The summed E-state index contributed by atoms with van der Waals surface area (Å²) < 4.78 is 0. The van der Waals surface area contributed by atoms with Crippen molar-refractivity contribution in [2.24, 2.45) is 11.5 Å². The molecule has 11 N–H and O–H groups in total. The van der Waals surface area contributed by atoms with Crippen LogP contribution in [0.1, 0.15) is 23.2 Å². The second kappa shape index (κ2) is 14.7. The van der Waals surface area contributed by atoms with E-state index < -0.39 is 60.2 Å². The number of hydrogen-bond donors (Lipinski definition) is 9. The van der Waals surface area contributed by atoms with E-state index in [-0.39, 0.29) is 25.0 Å². The molecule has 15 heteroatoms. The molecule has 2 aromatic heterocycles. The predicted octanol–water partition coefficient (Wildman–Crippen LogP) is -0.634. The van der Waals surface area contributed by atoms with Gasteiger partial charge in [-0.3, -0.25) is 19.2 Å². The van der Waals surface area contributed by atoms with Crippen molar-refractivity contribution in [1.82, 2.24) is 30.9 Å². The number of phenols is 1. The lowest BCUT2D eigenvalue weighted by atomic mass is 10.0. The highest BCUT2D eigenvalue weighted by atomic mass is 16.4. The minimum absolute atomic E-state index is 0.0110. The summed E-state index contributed by atoms with van der Waals surface area (Å²) in [6.45, 7) is 0. The third-order valence-electron chi connectivity index (χ3n) is 7.09. The van der Waals surface area contributed by atoms with Gasteiger partial charge in [-0.15, -0.1) is 0 Å². The summed E-state index contributed by atoms with van der Waals surface area (Å²) in [6.07, 6.45) is 3.85. The predicted molar refractivity (Wildman–Crippen MR) is 161 cm³/mol. The standard InChI is InChI=1S/C30H34N8O7/c31-21(12-26(32)40)27(41)36-24(11-18-14-33-15-35-18)29(43)37-23(9-16-5-7-19(39)8-6-16)28(42)38-25(30(44)45)10-17-13-34-22-4-2-1-3-20(17)22/h1-8,13-15,21,23-25,34,39H,9-12,31H2,(H2,32,40)(H,33,35)(H,36,41)(H,37,43)(H,38,42)(H,44,45). The smallest absolute Gasteiger partial charge is 0.326 e. The first-order valence-electron chi connectivity index (χ1n) is 14.0. The van der Waals surface area contributed by atoms with Crippen LogP contribution in [0.15, 0.2) is 67.3 Å². The number of carboxylic acid groups (broad SMARTS) is 1. The van der Waals surface area contributed by atoms with Gasteiger partial charge in [-0.25, -0.2) is 9.78 Å². The summed E-state index contributed by atoms with van der Waals surface area (Å²) >= 11 is 0. The molecule has 45 heavy (non-hydrogen) atoms. The molecule has 4 rings (SSSR count). The maximum Gasteiger partial charge on any atom is 0.326 e. The lowest BCUT2D eigenvalue weighted by Gasteiger charge is -2.25. The summed E-state index contributed by atoms with van der Waals surface area (Å²) in [5, 5.41) is 28.1. The second-order valence-electron chi connectivity index (χ2n) is 10.5. The van der Waals surface area contributed by atoms with Crippen LogP contribution in [0.25, 0.3) is 10.9 Å². The van der Waals surface area contributed by atoms with Crippen molar-refractivity contribution in [2.45, 2.75) is 49.9 Å². The summed E-state index contributed by atoms with van der Waals surface area (Å²) in [6, 6.07) is 8.01. The van der Waals surface area contributed by atoms with E-state index in [0.29, 0.717) is 16.8 Å². The van der Waals surface area contributed by atoms with E-state index in [4.69, 9.17) is 11.5 Å². The largest absolute Gasteiger partial charge is 0.508 e. The number of nitrogens with zero attached hydrogens (tertiary/aromatic N) is 1. The highest BCUT2D eigenvalue weighted by Crippen LogP contribution is 2.19. The molecule has 236 valence electrons. The van der Waals surface area contributed by atoms with Crippen LogP contribution in [0, 0.1) is 0 Å². The van der Waals surface area contributed by atoms with Crippen LogP contribution in [0.5, 0.6) is 5.75 Å². The van der Waals surface area contributed by atoms with Crippen molar-refractivity contribution < 1.29 is 34.2 Å². The van der Waals surface area contributed by atoms with Crippen LogP contribution < -0.4 is 27.4 Å². The molecule has 0 aliphatic carbocycles. The van der Waals surface area contributed by atoms with Gasteiger partial charge in [0.1, 0.15) is 23.9 Å². The van der Waals surface area contributed by atoms with Gasteiger partial charge in [0, 0.05) is 48.3 Å². The number of aromatic hydroxyl groups is 1. The quantitative estimate of drug-likeness (QED) is 0.0820. The van der Waals surface area contributed by atoms with Crippen molar-refractivity contribution >= 4 is 40.5 Å². The fraction of sp³-hybridized carbons (Fsp3) is 0.267. The van der Waals surface area contributed by atoms with E-state index in [0.717, 1.165) is 10.9 Å². The summed E-state index contributed by atoms with van der Waals surface area (Å²) in [7, 11) is 0. The third-order valence-corrected chi connectivity index (χ3v) is 7.09. The zero-order chi connectivity index (χ0) is 32.5. The molecule has 0 fully saturated rings. The van der Waals surface area contributed by atoms with Gasteiger partial charge in [0.05, 0.1) is 18.8 Å². The van der Waals surface area contributed by atoms with E-state index >= 15 is 0 Å². The van der Waals surface area contributed by atoms with Crippen molar-refractivity contribution in [2.75, 3.05) is 0 Å². The van der Waals surface area contributed by atoms with Gasteiger partial charge in [0.2, 0.25) is 23.6 Å². The molecule has 0 aliphatic heterocycles. The number of amides is 4. The van der Waals surface area contributed by atoms with Crippen molar-refractivity contribution in [1.29, 1.82) is 0 Å². The van der Waals surface area contributed by atoms with Crippen LogP contribution in [-0.2, 0) is 43.2 Å². The van der Waals surface area contributed by atoms with Gasteiger partial charge in [-0.05, 0) is 29.3 Å². The first-order valence-corrected chi connectivity index (χ1v) is 14.0. The Balaban J connectivity index is 1.56. The molecular weight excluding hydrogens is 584 g/mol. The number of nitrogens with one attached hydrogen (secondary N) is 5. The van der Waals surface area contributed by atoms with Crippen LogP contribution in [-0.4, -0.2) is 78.9 Å². The van der Waals surface area contributed by atoms with Crippen LogP contribution in [0.2, 0.25) is 0 Å². The summed E-state index contributed by atoms with van der Waals surface area (Å²) in [5.41, 5.74) is 13.4. The Hall–Kier alpha value is -5.70. The zero-order valence-electron chi connectivity index (χ0n) is 24.0. The summed E-state index contributed by atoms with van der Waals surface area (Å²) in [4.78, 5) is 73.3. The molecule has 0 aliphatic rings. The van der Waals surface area contributed by atoms with E-state index in [9.17, 15) is 34.2 Å². The number of fused-ring (bicyclic) bond motifs is 1. The lowest BCUT2D eigenvalue weighted by Crippen LogP contribution is -2.58. The molecule has 0 bridgehead atoms. The van der Waals surface area contributed by atoms with Gasteiger partial charge < -0.3 is 47.6 Å². The Morgan fingerprint density at radius 1 is 0.822 bits per heavy atom. The number of para-hydroxylation sites is 1. The number of aliphatic carboxylic acids is 1. The van der Waals surface area contributed by atoms with E-state index in [1.165, 1.54) is 24.7 Å². The third kappa shape index (κ3) is 8.90. The summed E-state index contributed by atoms with van der Waals surface area (Å²) in [5.74, 6) is -4.50. The number of benzene rings is 2. The number of carboxylic acids is 1. The number of nitrogens with two attached hydrogens (primary N) is 2. The number of aromatic nitrogens is 3. The molecule has 15 nitrogen and oxygen atoms in total. The lowest BCUT2D eigenvalue weighted by molar-refractivity contribution is -0.142. The first kappa shape index (κ1) is 32.2. The number of phenolic OH excluding ortho intramolecular Hbond substituents is 1. The highest BCUT2D eigenvalue weighted by molar-refractivity contribution is 5.95. The Labute approximate surface area is 256 Å². The maximum absolute atomic E-state index is 13.6. The topological polar surface area (TPSA) is 258 Å². The number of H-pyrrole nitrogens is 2. The Bertz CT molecular complexity index is 1650. The average molecular weight is 619 g/mol. The molecule has 0 radical (unpaired) electrons. The molecule has 4 aromatic rings. The van der Waals surface area contributed by atoms with Gasteiger partial charge >= 0.3 is 5.97 Å². The average Bonchev–Trinajstić information content (AvgIpc) is 3.66. The molecule has 2 aromatic carbocycles. The molecule has 0 saturated heterocycles. The SMILES string of the molecule is NC(=O)CC(N)C(=O)NC(Cc1cnc[nH]1)C(=O)NC(Cc1ccc(O)cc1)C(=O)NC(Cc1c[nH]c2ccccc12)C(=O)O. The second-order valence-corrected chi connectivity index (χ2v) is 10.5. The van der Waals surface area contributed by atoms with E-state index in [1.54, 1.807) is 18.3 Å². The van der Waals surface area contributed by atoms with Gasteiger partial charge in [0.15, 0.2) is 0 Å². The molecule has 4 amide bonds. The van der Waals surface area contributed by atoms with Crippen LogP contribution in [0.4, 0.5) is 0 Å². The monoisotopic (exact) mass is 618 g/mol. The normalized spacial score (nSPS) is 13.7. The van der Waals surface area contributed by atoms with Gasteiger partial charge in [-0.2, -0.15) is 0 Å².